The molecule has 2 nitrogen and oxygen atoms in total. The van der Waals surface area contributed by atoms with Crippen LogP contribution in [0.5, 0.6) is 5.75 Å². The van der Waals surface area contributed by atoms with Crippen LogP contribution in [0.25, 0.3) is 0 Å². The molecule has 3 heteroatoms. The minimum Gasteiger partial charge on any atom is -0.495 e. The van der Waals surface area contributed by atoms with E-state index in [1.807, 2.05) is 6.07 Å². The van der Waals surface area contributed by atoms with Gasteiger partial charge in [0.25, 0.3) is 0 Å². The Labute approximate surface area is 110 Å². The van der Waals surface area contributed by atoms with Gasteiger partial charge in [-0.25, -0.2) is 0 Å². The van der Waals surface area contributed by atoms with Crippen molar-refractivity contribution in [1.82, 2.24) is 4.90 Å². The number of methoxy groups -OCH3 is 1. The number of rotatable bonds is 4. The Kier molecular flexibility index (Phi) is 4.84. The molecule has 0 radical (unpaired) electrons. The highest BCUT2D eigenvalue weighted by atomic mass is 35.5. The molecule has 96 valence electrons. The third-order valence-corrected chi connectivity index (χ3v) is 3.50. The van der Waals surface area contributed by atoms with E-state index >= 15 is 0 Å². The Morgan fingerprint density at radius 1 is 1.12 bits per heavy atom. The van der Waals surface area contributed by atoms with Crippen LogP contribution in [0.1, 0.15) is 43.9 Å². The van der Waals surface area contributed by atoms with Gasteiger partial charge in [-0.3, -0.25) is 0 Å². The molecule has 0 fully saturated rings. The van der Waals surface area contributed by atoms with Crippen molar-refractivity contribution >= 4 is 11.6 Å². The molecular weight excluding hydrogens is 234 g/mol. The molecule has 0 amide bonds. The predicted octanol–water partition coefficient (Wildman–Crippen LogP) is 4.09. The third kappa shape index (κ3) is 3.14. The lowest BCUT2D eigenvalue weighted by Gasteiger charge is -2.25. The van der Waals surface area contributed by atoms with Crippen LogP contribution in [0.15, 0.2) is 12.1 Å². The fourth-order valence-electron chi connectivity index (χ4n) is 1.88. The summed E-state index contributed by atoms with van der Waals surface area (Å²) in [6.07, 6.45) is 0. The highest BCUT2D eigenvalue weighted by molar-refractivity contribution is 6.32. The maximum atomic E-state index is 6.21. The number of halogens is 1. The van der Waals surface area contributed by atoms with Crippen molar-refractivity contribution in [3.8, 4) is 5.75 Å². The van der Waals surface area contributed by atoms with Crippen LogP contribution in [0, 0.1) is 0 Å². The molecule has 0 N–H and O–H groups in total. The van der Waals surface area contributed by atoms with Gasteiger partial charge in [0.2, 0.25) is 0 Å². The van der Waals surface area contributed by atoms with Gasteiger partial charge in [0, 0.05) is 6.04 Å². The minimum absolute atomic E-state index is 0.343. The standard InChI is InChI=1S/C14H22ClNO/c1-9(2)11-8-14(17-6)13(15)7-12(11)10(3)16(4)5/h7-10H,1-6H3. The summed E-state index contributed by atoms with van der Waals surface area (Å²) >= 11 is 6.21. The Bertz CT molecular complexity index is 388. The zero-order chi connectivity index (χ0) is 13.2. The molecule has 0 aliphatic carbocycles. The second kappa shape index (κ2) is 5.74. The lowest BCUT2D eigenvalue weighted by Crippen LogP contribution is -2.18. The van der Waals surface area contributed by atoms with Gasteiger partial charge in [0.15, 0.2) is 0 Å². The van der Waals surface area contributed by atoms with Crippen LogP contribution >= 0.6 is 11.6 Å². The molecule has 1 atom stereocenters. The molecule has 0 spiro atoms. The molecule has 1 unspecified atom stereocenters. The van der Waals surface area contributed by atoms with Crippen LogP contribution in [0.2, 0.25) is 5.02 Å². The highest BCUT2D eigenvalue weighted by Crippen LogP contribution is 2.35. The first-order valence-corrected chi connectivity index (χ1v) is 6.30. The van der Waals surface area contributed by atoms with Crippen molar-refractivity contribution in [3.63, 3.8) is 0 Å². The van der Waals surface area contributed by atoms with E-state index < -0.39 is 0 Å². The lowest BCUT2D eigenvalue weighted by molar-refractivity contribution is 0.318. The molecule has 0 aliphatic heterocycles. The maximum absolute atomic E-state index is 6.21. The first kappa shape index (κ1) is 14.3. The number of hydrogen-bond acceptors (Lipinski definition) is 2. The van der Waals surface area contributed by atoms with Gasteiger partial charge in [-0.05, 0) is 50.2 Å². The molecule has 0 saturated heterocycles. The first-order valence-electron chi connectivity index (χ1n) is 5.92. The second-order valence-corrected chi connectivity index (χ2v) is 5.32. The summed E-state index contributed by atoms with van der Waals surface area (Å²) in [5, 5.41) is 0.681. The molecule has 17 heavy (non-hydrogen) atoms. The van der Waals surface area contributed by atoms with Gasteiger partial charge in [-0.2, -0.15) is 0 Å². The monoisotopic (exact) mass is 255 g/mol. The van der Waals surface area contributed by atoms with Crippen LogP contribution in [0.4, 0.5) is 0 Å². The van der Waals surface area contributed by atoms with Crippen molar-refractivity contribution in [2.24, 2.45) is 0 Å². The predicted molar refractivity (Wildman–Crippen MR) is 74.2 cm³/mol. The van der Waals surface area contributed by atoms with Gasteiger partial charge < -0.3 is 9.64 Å². The molecule has 0 bridgehead atoms. The zero-order valence-electron chi connectivity index (χ0n) is 11.5. The van der Waals surface area contributed by atoms with E-state index in [-0.39, 0.29) is 0 Å². The zero-order valence-corrected chi connectivity index (χ0v) is 12.3. The molecule has 0 heterocycles. The smallest absolute Gasteiger partial charge is 0.137 e. The van der Waals surface area contributed by atoms with Crippen molar-refractivity contribution in [3.05, 3.63) is 28.3 Å². The largest absolute Gasteiger partial charge is 0.495 e. The van der Waals surface area contributed by atoms with Crippen molar-refractivity contribution < 1.29 is 4.74 Å². The fraction of sp³-hybridized carbons (Fsp3) is 0.571. The third-order valence-electron chi connectivity index (χ3n) is 3.20. The van der Waals surface area contributed by atoms with E-state index in [1.54, 1.807) is 7.11 Å². The SMILES string of the molecule is COc1cc(C(C)C)c(C(C)N(C)C)cc1Cl. The average Bonchev–Trinajstić information content (AvgIpc) is 2.27. The van der Waals surface area contributed by atoms with Crippen molar-refractivity contribution in [1.29, 1.82) is 0 Å². The molecule has 0 aliphatic rings. The summed E-state index contributed by atoms with van der Waals surface area (Å²) in [5.41, 5.74) is 2.57. The molecule has 1 aromatic rings. The van der Waals surface area contributed by atoms with Gasteiger partial charge in [0.1, 0.15) is 5.75 Å². The number of nitrogens with zero attached hydrogens (tertiary/aromatic N) is 1. The van der Waals surface area contributed by atoms with Crippen LogP contribution < -0.4 is 4.74 Å². The summed E-state index contributed by atoms with van der Waals surface area (Å²) in [5.74, 6) is 1.21. The first-order chi connectivity index (χ1) is 7.88. The van der Waals surface area contributed by atoms with Crippen LogP contribution in [-0.2, 0) is 0 Å². The lowest BCUT2D eigenvalue weighted by atomic mass is 9.92. The van der Waals surface area contributed by atoms with E-state index in [4.69, 9.17) is 16.3 Å². The highest BCUT2D eigenvalue weighted by Gasteiger charge is 2.17. The normalized spacial score (nSPS) is 13.2. The van der Waals surface area contributed by atoms with Crippen LogP contribution in [0.3, 0.4) is 0 Å². The molecule has 0 saturated carbocycles. The summed E-state index contributed by atoms with van der Waals surface area (Å²) in [4.78, 5) is 2.18. The maximum Gasteiger partial charge on any atom is 0.137 e. The van der Waals surface area contributed by atoms with Gasteiger partial charge in [-0.1, -0.05) is 25.4 Å². The van der Waals surface area contributed by atoms with Gasteiger partial charge >= 0.3 is 0 Å². The summed E-state index contributed by atoms with van der Waals surface area (Å²) < 4.78 is 5.29. The van der Waals surface area contributed by atoms with E-state index in [2.05, 4.69) is 45.8 Å². The average molecular weight is 256 g/mol. The minimum atomic E-state index is 0.343. The molecule has 1 rings (SSSR count). The van der Waals surface area contributed by atoms with Crippen LogP contribution in [-0.4, -0.2) is 26.1 Å². The Balaban J connectivity index is 3.32. The van der Waals surface area contributed by atoms with E-state index in [0.29, 0.717) is 17.0 Å². The number of benzene rings is 1. The fourth-order valence-corrected chi connectivity index (χ4v) is 2.13. The summed E-state index contributed by atoms with van der Waals surface area (Å²) in [6.45, 7) is 6.56. The van der Waals surface area contributed by atoms with E-state index in [9.17, 15) is 0 Å². The number of ether oxygens (including phenoxy) is 1. The Morgan fingerprint density at radius 2 is 1.71 bits per heavy atom. The molecule has 0 aromatic heterocycles. The quantitative estimate of drug-likeness (QED) is 0.803. The summed E-state index contributed by atoms with van der Waals surface area (Å²) in [7, 11) is 5.81. The van der Waals surface area contributed by atoms with E-state index in [0.717, 1.165) is 5.75 Å². The van der Waals surface area contributed by atoms with E-state index in [1.165, 1.54) is 11.1 Å². The summed E-state index contributed by atoms with van der Waals surface area (Å²) in [6, 6.07) is 4.43. The Morgan fingerprint density at radius 3 is 2.12 bits per heavy atom. The Hall–Kier alpha value is -0.730. The molecule has 1 aromatic carbocycles. The topological polar surface area (TPSA) is 12.5 Å². The molecular formula is C14H22ClNO. The number of hydrogen-bond donors (Lipinski definition) is 0. The van der Waals surface area contributed by atoms with Crippen molar-refractivity contribution in [2.45, 2.75) is 32.7 Å². The van der Waals surface area contributed by atoms with Gasteiger partial charge in [-0.15, -0.1) is 0 Å². The van der Waals surface area contributed by atoms with Gasteiger partial charge in [0.05, 0.1) is 12.1 Å². The van der Waals surface area contributed by atoms with Crippen molar-refractivity contribution in [2.75, 3.05) is 21.2 Å². The second-order valence-electron chi connectivity index (χ2n) is 4.91.